The van der Waals surface area contributed by atoms with Crippen molar-refractivity contribution in [2.75, 3.05) is 26.3 Å². The lowest BCUT2D eigenvalue weighted by Gasteiger charge is -2.14. The van der Waals surface area contributed by atoms with E-state index in [1.165, 1.54) is 12.2 Å². The number of para-hydroxylation sites is 1. The number of ether oxygens (including phenoxy) is 2. The molecule has 0 heterocycles. The molecule has 0 spiro atoms. The van der Waals surface area contributed by atoms with Crippen LogP contribution in [0.3, 0.4) is 0 Å². The van der Waals surface area contributed by atoms with Crippen LogP contribution in [-0.4, -0.2) is 44.1 Å². The fourth-order valence-electron chi connectivity index (χ4n) is 2.44. The summed E-state index contributed by atoms with van der Waals surface area (Å²) in [4.78, 5) is 34.5. The Morgan fingerprint density at radius 1 is 0.931 bits per heavy atom. The van der Waals surface area contributed by atoms with E-state index < -0.39 is 5.97 Å². The SMILES string of the molecule is C=CC(=O)NCCCCOC(=O)c1cccc(C)c1OCCCCNC(=O)C=C. The summed E-state index contributed by atoms with van der Waals surface area (Å²) in [5.41, 5.74) is 1.25. The van der Waals surface area contributed by atoms with Gasteiger partial charge in [-0.3, -0.25) is 9.59 Å². The molecule has 0 aromatic heterocycles. The zero-order chi connectivity index (χ0) is 21.5. The molecule has 158 valence electrons. The third kappa shape index (κ3) is 9.60. The van der Waals surface area contributed by atoms with Crippen LogP contribution in [-0.2, 0) is 14.3 Å². The molecule has 1 rings (SSSR count). The van der Waals surface area contributed by atoms with Gasteiger partial charge in [0.15, 0.2) is 0 Å². The van der Waals surface area contributed by atoms with E-state index in [0.717, 1.165) is 18.4 Å². The number of hydrogen-bond acceptors (Lipinski definition) is 5. The highest BCUT2D eigenvalue weighted by Gasteiger charge is 2.16. The zero-order valence-electron chi connectivity index (χ0n) is 17.0. The lowest BCUT2D eigenvalue weighted by Crippen LogP contribution is -2.22. The Kier molecular flexibility index (Phi) is 11.5. The largest absolute Gasteiger partial charge is 0.492 e. The number of hydrogen-bond donors (Lipinski definition) is 2. The third-order valence-electron chi connectivity index (χ3n) is 4.02. The molecule has 2 amide bonds. The van der Waals surface area contributed by atoms with E-state index in [1.807, 2.05) is 13.0 Å². The van der Waals surface area contributed by atoms with Crippen LogP contribution in [0.5, 0.6) is 5.75 Å². The van der Waals surface area contributed by atoms with Crippen molar-refractivity contribution < 1.29 is 23.9 Å². The first-order valence-corrected chi connectivity index (χ1v) is 9.69. The van der Waals surface area contributed by atoms with E-state index in [-0.39, 0.29) is 18.4 Å². The normalized spacial score (nSPS) is 9.97. The zero-order valence-corrected chi connectivity index (χ0v) is 17.0. The smallest absolute Gasteiger partial charge is 0.341 e. The molecule has 0 saturated heterocycles. The number of amides is 2. The highest BCUT2D eigenvalue weighted by atomic mass is 16.5. The number of esters is 1. The molecular weight excluding hydrogens is 372 g/mol. The van der Waals surface area contributed by atoms with Crippen LogP contribution in [0, 0.1) is 6.92 Å². The molecule has 0 bridgehead atoms. The molecule has 1 aromatic rings. The summed E-state index contributed by atoms with van der Waals surface area (Å²) in [6.45, 7) is 10.4. The maximum Gasteiger partial charge on any atom is 0.341 e. The average molecular weight is 402 g/mol. The van der Waals surface area contributed by atoms with Gasteiger partial charge in [0.1, 0.15) is 11.3 Å². The highest BCUT2D eigenvalue weighted by Crippen LogP contribution is 2.24. The fraction of sp³-hybridized carbons (Fsp3) is 0.409. The van der Waals surface area contributed by atoms with Gasteiger partial charge in [0.05, 0.1) is 13.2 Å². The first-order chi connectivity index (χ1) is 14.0. The molecule has 7 nitrogen and oxygen atoms in total. The van der Waals surface area contributed by atoms with Crippen molar-refractivity contribution in [2.45, 2.75) is 32.6 Å². The molecule has 0 aliphatic carbocycles. The van der Waals surface area contributed by atoms with Gasteiger partial charge in [-0.25, -0.2) is 4.79 Å². The molecule has 7 heteroatoms. The summed E-state index contributed by atoms with van der Waals surface area (Å²) < 4.78 is 11.1. The van der Waals surface area contributed by atoms with E-state index in [4.69, 9.17) is 9.47 Å². The first kappa shape index (κ1) is 23.9. The number of unbranched alkanes of at least 4 members (excludes halogenated alkanes) is 2. The Morgan fingerprint density at radius 3 is 2.10 bits per heavy atom. The Morgan fingerprint density at radius 2 is 1.52 bits per heavy atom. The van der Waals surface area contributed by atoms with E-state index in [1.54, 1.807) is 12.1 Å². The van der Waals surface area contributed by atoms with Crippen molar-refractivity contribution in [3.63, 3.8) is 0 Å². The number of benzene rings is 1. The molecule has 0 aliphatic rings. The molecule has 0 saturated carbocycles. The quantitative estimate of drug-likeness (QED) is 0.283. The maximum atomic E-state index is 12.4. The molecular formula is C22H30N2O5. The molecule has 1 aromatic carbocycles. The molecule has 0 fully saturated rings. The van der Waals surface area contributed by atoms with Crippen molar-refractivity contribution in [3.05, 3.63) is 54.6 Å². The van der Waals surface area contributed by atoms with Crippen LogP contribution in [0.1, 0.15) is 41.6 Å². The molecule has 0 atom stereocenters. The second kappa shape index (κ2) is 14.0. The molecule has 2 N–H and O–H groups in total. The van der Waals surface area contributed by atoms with Crippen molar-refractivity contribution in [2.24, 2.45) is 0 Å². The molecule has 29 heavy (non-hydrogen) atoms. The van der Waals surface area contributed by atoms with Crippen molar-refractivity contribution in [1.29, 1.82) is 0 Å². The van der Waals surface area contributed by atoms with Gasteiger partial charge in [-0.2, -0.15) is 0 Å². The van der Waals surface area contributed by atoms with Crippen LogP contribution in [0.4, 0.5) is 0 Å². The minimum atomic E-state index is -0.433. The topological polar surface area (TPSA) is 93.7 Å². The molecule has 0 radical (unpaired) electrons. The van der Waals surface area contributed by atoms with Gasteiger partial charge in [-0.15, -0.1) is 0 Å². The van der Waals surface area contributed by atoms with Gasteiger partial charge < -0.3 is 20.1 Å². The Balaban J connectivity index is 2.41. The Labute approximate surface area is 172 Å². The first-order valence-electron chi connectivity index (χ1n) is 9.69. The number of nitrogens with one attached hydrogen (secondary N) is 2. The second-order valence-electron chi connectivity index (χ2n) is 6.34. The van der Waals surface area contributed by atoms with Crippen LogP contribution in [0.25, 0.3) is 0 Å². The monoisotopic (exact) mass is 402 g/mol. The summed E-state index contributed by atoms with van der Waals surface area (Å²) in [6, 6.07) is 5.34. The molecule has 0 aliphatic heterocycles. The van der Waals surface area contributed by atoms with Gasteiger partial charge in [0.25, 0.3) is 0 Å². The number of carbonyl (C=O) groups is 3. The van der Waals surface area contributed by atoms with Crippen molar-refractivity contribution in [3.8, 4) is 5.75 Å². The van der Waals surface area contributed by atoms with Crippen molar-refractivity contribution >= 4 is 17.8 Å². The summed E-state index contributed by atoms with van der Waals surface area (Å²) >= 11 is 0. The predicted molar refractivity (Wildman–Crippen MR) is 112 cm³/mol. The standard InChI is InChI=1S/C22H30N2O5/c1-4-19(25)23-13-6-8-15-28-21-17(3)11-10-12-18(21)22(27)29-16-9-7-14-24-20(26)5-2/h4-5,10-12H,1-2,6-9,13-16H2,3H3,(H,23,25)(H,24,26). The van der Waals surface area contributed by atoms with Crippen LogP contribution in [0.15, 0.2) is 43.5 Å². The van der Waals surface area contributed by atoms with E-state index in [9.17, 15) is 14.4 Å². The van der Waals surface area contributed by atoms with Gasteiger partial charge >= 0.3 is 5.97 Å². The van der Waals surface area contributed by atoms with Gasteiger partial charge in [-0.05, 0) is 56.4 Å². The van der Waals surface area contributed by atoms with Gasteiger partial charge in [0, 0.05) is 13.1 Å². The van der Waals surface area contributed by atoms with E-state index in [0.29, 0.717) is 43.9 Å². The third-order valence-corrected chi connectivity index (χ3v) is 4.02. The predicted octanol–water partition coefficient (Wildman–Crippen LogP) is 2.70. The Hall–Kier alpha value is -3.09. The van der Waals surface area contributed by atoms with E-state index >= 15 is 0 Å². The minimum absolute atomic E-state index is 0.196. The van der Waals surface area contributed by atoms with Gasteiger partial charge in [-0.1, -0.05) is 25.3 Å². The van der Waals surface area contributed by atoms with Gasteiger partial charge in [0.2, 0.25) is 11.8 Å². The number of rotatable bonds is 14. The summed E-state index contributed by atoms with van der Waals surface area (Å²) in [5.74, 6) is -0.326. The summed E-state index contributed by atoms with van der Waals surface area (Å²) in [5, 5.41) is 5.37. The van der Waals surface area contributed by atoms with E-state index in [2.05, 4.69) is 23.8 Å². The average Bonchev–Trinajstić information content (AvgIpc) is 2.73. The fourth-order valence-corrected chi connectivity index (χ4v) is 2.44. The van der Waals surface area contributed by atoms with Crippen LogP contribution in [0.2, 0.25) is 0 Å². The number of aryl methyl sites for hydroxylation is 1. The van der Waals surface area contributed by atoms with Crippen LogP contribution >= 0.6 is 0 Å². The highest BCUT2D eigenvalue weighted by molar-refractivity contribution is 5.93. The van der Waals surface area contributed by atoms with Crippen molar-refractivity contribution in [1.82, 2.24) is 10.6 Å². The van der Waals surface area contributed by atoms with Crippen LogP contribution < -0.4 is 15.4 Å². The molecule has 0 unspecified atom stereocenters. The summed E-state index contributed by atoms with van der Waals surface area (Å²) in [7, 11) is 0. The minimum Gasteiger partial charge on any atom is -0.492 e. The Bertz CT molecular complexity index is 715. The second-order valence-corrected chi connectivity index (χ2v) is 6.34. The lowest BCUT2D eigenvalue weighted by atomic mass is 10.1. The summed E-state index contributed by atoms with van der Waals surface area (Å²) in [6.07, 6.45) is 5.29. The maximum absolute atomic E-state index is 12.4. The lowest BCUT2D eigenvalue weighted by molar-refractivity contribution is -0.117. The number of carbonyl (C=O) groups excluding carboxylic acids is 3.